The number of aromatic nitrogens is 2. The van der Waals surface area contributed by atoms with E-state index in [4.69, 9.17) is 4.74 Å². The highest BCUT2D eigenvalue weighted by Gasteiger charge is 2.25. The Morgan fingerprint density at radius 2 is 2.08 bits per heavy atom. The van der Waals surface area contributed by atoms with Gasteiger partial charge in [0, 0.05) is 6.61 Å². The first-order valence-electron chi connectivity index (χ1n) is 8.22. The second-order valence-electron chi connectivity index (χ2n) is 6.36. The molecule has 1 aromatic heterocycles. The molecule has 1 N–H and O–H groups in total. The number of sulfonamides is 1. The number of anilines is 1. The molecule has 0 radical (unpaired) electrons. The highest BCUT2D eigenvalue weighted by Crippen LogP contribution is 2.28. The van der Waals surface area contributed by atoms with Gasteiger partial charge in [-0.05, 0) is 30.9 Å². The second kappa shape index (κ2) is 6.94. The molecule has 1 aliphatic rings. The van der Waals surface area contributed by atoms with Gasteiger partial charge in [0.05, 0.1) is 35.1 Å². The smallest absolute Gasteiger partial charge is 0.235 e. The van der Waals surface area contributed by atoms with Crippen molar-refractivity contribution in [1.29, 1.82) is 0 Å². The summed E-state index contributed by atoms with van der Waals surface area (Å²) in [6, 6.07) is 9.70. The van der Waals surface area contributed by atoms with Gasteiger partial charge in [-0.2, -0.15) is 5.10 Å². The van der Waals surface area contributed by atoms with Crippen molar-refractivity contribution in [2.75, 3.05) is 17.1 Å². The van der Waals surface area contributed by atoms with Crippen molar-refractivity contribution in [1.82, 2.24) is 9.78 Å². The van der Waals surface area contributed by atoms with Crippen LogP contribution in [0.5, 0.6) is 0 Å². The van der Waals surface area contributed by atoms with Gasteiger partial charge in [-0.1, -0.05) is 32.0 Å². The molecule has 1 fully saturated rings. The fourth-order valence-electron chi connectivity index (χ4n) is 3.00. The van der Waals surface area contributed by atoms with Crippen LogP contribution in [0.1, 0.15) is 38.3 Å². The van der Waals surface area contributed by atoms with Gasteiger partial charge in [-0.3, -0.25) is 4.72 Å². The standard InChI is InChI=1S/C17H23N3O3S/c1-13(2)17-16(11-18-20(17)14-7-4-3-5-8-14)19-24(21,22)12-15-9-6-10-23-15/h3-5,7-8,11,13,15,19H,6,9-10,12H2,1-2H3/t15-/m1/s1. The van der Waals surface area contributed by atoms with Gasteiger partial charge >= 0.3 is 0 Å². The third-order valence-corrected chi connectivity index (χ3v) is 5.39. The molecular formula is C17H23N3O3S. The Morgan fingerprint density at radius 1 is 1.33 bits per heavy atom. The van der Waals surface area contributed by atoms with E-state index in [2.05, 4.69) is 9.82 Å². The molecule has 1 atom stereocenters. The summed E-state index contributed by atoms with van der Waals surface area (Å²) in [7, 11) is -3.47. The first-order valence-corrected chi connectivity index (χ1v) is 9.87. The molecule has 0 amide bonds. The van der Waals surface area contributed by atoms with Crippen LogP contribution >= 0.6 is 0 Å². The van der Waals surface area contributed by atoms with Crippen LogP contribution in [0, 0.1) is 0 Å². The SMILES string of the molecule is CC(C)c1c(NS(=O)(=O)C[C@H]2CCCO2)cnn1-c1ccccc1. The average molecular weight is 349 g/mol. The van der Waals surface area contributed by atoms with Crippen LogP contribution in [-0.4, -0.2) is 36.7 Å². The normalized spacial score (nSPS) is 18.2. The summed E-state index contributed by atoms with van der Waals surface area (Å²) in [5.41, 5.74) is 2.29. The highest BCUT2D eigenvalue weighted by molar-refractivity contribution is 7.92. The lowest BCUT2D eigenvalue weighted by molar-refractivity contribution is 0.127. The number of nitrogens with zero attached hydrogens (tertiary/aromatic N) is 2. The number of rotatable bonds is 6. The second-order valence-corrected chi connectivity index (χ2v) is 8.13. The van der Waals surface area contributed by atoms with Gasteiger partial charge in [0.1, 0.15) is 0 Å². The quantitative estimate of drug-likeness (QED) is 0.870. The molecule has 0 aliphatic carbocycles. The molecule has 3 rings (SSSR count). The predicted molar refractivity (Wildman–Crippen MR) is 94.0 cm³/mol. The van der Waals surface area contributed by atoms with Crippen LogP contribution in [0.2, 0.25) is 0 Å². The summed E-state index contributed by atoms with van der Waals surface area (Å²) >= 11 is 0. The summed E-state index contributed by atoms with van der Waals surface area (Å²) < 4.78 is 34.8. The third kappa shape index (κ3) is 3.79. The third-order valence-electron chi connectivity index (χ3n) is 4.05. The van der Waals surface area contributed by atoms with Gasteiger partial charge < -0.3 is 4.74 Å². The molecular weight excluding hydrogens is 326 g/mol. The molecule has 7 heteroatoms. The maximum Gasteiger partial charge on any atom is 0.235 e. The van der Waals surface area contributed by atoms with Crippen LogP contribution in [0.3, 0.4) is 0 Å². The Morgan fingerprint density at radius 3 is 2.71 bits per heavy atom. The lowest BCUT2D eigenvalue weighted by atomic mass is 10.1. The lowest BCUT2D eigenvalue weighted by Gasteiger charge is -2.15. The fraction of sp³-hybridized carbons (Fsp3) is 0.471. The first-order chi connectivity index (χ1) is 11.5. The molecule has 6 nitrogen and oxygen atoms in total. The van der Waals surface area contributed by atoms with Crippen molar-refractivity contribution in [3.63, 3.8) is 0 Å². The van der Waals surface area contributed by atoms with E-state index < -0.39 is 10.0 Å². The molecule has 0 unspecified atom stereocenters. The van der Waals surface area contributed by atoms with Crippen molar-refractivity contribution in [2.24, 2.45) is 0 Å². The van der Waals surface area contributed by atoms with E-state index in [1.165, 1.54) is 0 Å². The summed E-state index contributed by atoms with van der Waals surface area (Å²) in [5, 5.41) is 4.38. The molecule has 0 saturated carbocycles. The maximum atomic E-state index is 12.4. The van der Waals surface area contributed by atoms with Gasteiger partial charge in [0.15, 0.2) is 0 Å². The van der Waals surface area contributed by atoms with Crippen molar-refractivity contribution in [3.8, 4) is 5.69 Å². The van der Waals surface area contributed by atoms with E-state index in [9.17, 15) is 8.42 Å². The summed E-state index contributed by atoms with van der Waals surface area (Å²) in [6.45, 7) is 4.69. The summed E-state index contributed by atoms with van der Waals surface area (Å²) in [5.74, 6) is 0.106. The largest absolute Gasteiger partial charge is 0.377 e. The first kappa shape index (κ1) is 17.0. The average Bonchev–Trinajstić information content (AvgIpc) is 3.17. The Bertz CT molecular complexity index is 779. The van der Waals surface area contributed by atoms with Crippen LogP contribution in [0.25, 0.3) is 5.69 Å². The monoisotopic (exact) mass is 349 g/mol. The zero-order valence-electron chi connectivity index (χ0n) is 14.0. The molecule has 130 valence electrons. The van der Waals surface area contributed by atoms with Crippen molar-refractivity contribution >= 4 is 15.7 Å². The predicted octanol–water partition coefficient (Wildman–Crippen LogP) is 2.92. The summed E-state index contributed by atoms with van der Waals surface area (Å²) in [6.07, 6.45) is 3.08. The molecule has 2 heterocycles. The van der Waals surface area contributed by atoms with Gasteiger partial charge in [-0.25, -0.2) is 13.1 Å². The lowest BCUT2D eigenvalue weighted by Crippen LogP contribution is -2.26. The van der Waals surface area contributed by atoms with Crippen LogP contribution in [0.4, 0.5) is 5.69 Å². The zero-order valence-corrected chi connectivity index (χ0v) is 14.8. The minimum absolute atomic E-state index is 0.0128. The van der Waals surface area contributed by atoms with E-state index in [0.717, 1.165) is 24.2 Å². The van der Waals surface area contributed by atoms with Gasteiger partial charge in [0.25, 0.3) is 0 Å². The number of hydrogen-bond acceptors (Lipinski definition) is 4. The summed E-state index contributed by atoms with van der Waals surface area (Å²) in [4.78, 5) is 0. The minimum atomic E-state index is -3.47. The molecule has 1 aliphatic heterocycles. The van der Waals surface area contributed by atoms with Crippen LogP contribution in [-0.2, 0) is 14.8 Å². The van der Waals surface area contributed by atoms with Crippen molar-refractivity contribution in [3.05, 3.63) is 42.2 Å². The van der Waals surface area contributed by atoms with Gasteiger partial charge in [0.2, 0.25) is 10.0 Å². The number of hydrogen-bond donors (Lipinski definition) is 1. The number of para-hydroxylation sites is 1. The molecule has 2 aromatic rings. The van der Waals surface area contributed by atoms with Crippen LogP contribution in [0.15, 0.2) is 36.5 Å². The van der Waals surface area contributed by atoms with Gasteiger partial charge in [-0.15, -0.1) is 0 Å². The van der Waals surface area contributed by atoms with E-state index in [1.807, 2.05) is 44.2 Å². The van der Waals surface area contributed by atoms with E-state index in [0.29, 0.717) is 12.3 Å². The number of benzene rings is 1. The molecule has 0 spiro atoms. The van der Waals surface area contributed by atoms with Crippen LogP contribution < -0.4 is 4.72 Å². The highest BCUT2D eigenvalue weighted by atomic mass is 32.2. The number of ether oxygens (including phenoxy) is 1. The van der Waals surface area contributed by atoms with E-state index in [1.54, 1.807) is 10.9 Å². The fourth-order valence-corrected chi connectivity index (χ4v) is 4.32. The molecule has 0 bridgehead atoms. The molecule has 1 aromatic carbocycles. The maximum absolute atomic E-state index is 12.4. The van der Waals surface area contributed by atoms with Crippen molar-refractivity contribution < 1.29 is 13.2 Å². The number of nitrogens with one attached hydrogen (secondary N) is 1. The topological polar surface area (TPSA) is 73.2 Å². The zero-order chi connectivity index (χ0) is 17.2. The van der Waals surface area contributed by atoms with E-state index in [-0.39, 0.29) is 17.8 Å². The molecule has 24 heavy (non-hydrogen) atoms. The Hall–Kier alpha value is -1.86. The van der Waals surface area contributed by atoms with Crippen molar-refractivity contribution in [2.45, 2.75) is 38.7 Å². The van der Waals surface area contributed by atoms with E-state index >= 15 is 0 Å². The Balaban J connectivity index is 1.87. The Kier molecular flexibility index (Phi) is 4.91. The Labute approximate surface area is 142 Å². The molecule has 1 saturated heterocycles. The minimum Gasteiger partial charge on any atom is -0.377 e.